The van der Waals surface area contributed by atoms with Gasteiger partial charge >= 0.3 is 0 Å². The number of halogens is 1. The van der Waals surface area contributed by atoms with E-state index < -0.39 is 0 Å². The number of tetrazole rings is 1. The Morgan fingerprint density at radius 1 is 1.40 bits per heavy atom. The summed E-state index contributed by atoms with van der Waals surface area (Å²) in [7, 11) is 1.62. The molecule has 108 valence electrons. The molecule has 0 bridgehead atoms. The predicted octanol–water partition coefficient (Wildman–Crippen LogP) is 2.37. The summed E-state index contributed by atoms with van der Waals surface area (Å²) in [6, 6.07) is 3.89. The fourth-order valence-corrected chi connectivity index (χ4v) is 2.24. The monoisotopic (exact) mass is 341 g/mol. The lowest BCUT2D eigenvalue weighted by molar-refractivity contribution is 0.292. The molecule has 0 aliphatic heterocycles. The van der Waals surface area contributed by atoms with Gasteiger partial charge in [-0.3, -0.25) is 0 Å². The number of H-pyrrole nitrogens is 1. The topological polar surface area (TPSA) is 85.0 Å². The molecule has 0 radical (unpaired) electrons. The first kappa shape index (κ1) is 14.6. The van der Waals surface area contributed by atoms with Crippen molar-refractivity contribution in [3.8, 4) is 11.5 Å². The first-order valence-electron chi connectivity index (χ1n) is 6.21. The predicted molar refractivity (Wildman–Crippen MR) is 78.0 cm³/mol. The molecule has 20 heavy (non-hydrogen) atoms. The lowest BCUT2D eigenvalue weighted by atomic mass is 10.2. The highest BCUT2D eigenvalue weighted by Gasteiger charge is 2.11. The van der Waals surface area contributed by atoms with Crippen LogP contribution in [0.3, 0.4) is 0 Å². The minimum absolute atomic E-state index is 0.450. The van der Waals surface area contributed by atoms with E-state index in [9.17, 15) is 0 Å². The van der Waals surface area contributed by atoms with Gasteiger partial charge in [0.1, 0.15) is 0 Å². The summed E-state index contributed by atoms with van der Waals surface area (Å²) >= 11 is 3.51. The summed E-state index contributed by atoms with van der Waals surface area (Å²) < 4.78 is 11.9. The number of anilines is 1. The molecule has 2 aromatic rings. The van der Waals surface area contributed by atoms with Crippen molar-refractivity contribution >= 4 is 21.9 Å². The Hall–Kier alpha value is -1.83. The number of methoxy groups -OCH3 is 1. The van der Waals surface area contributed by atoms with Gasteiger partial charge in [0.15, 0.2) is 11.5 Å². The van der Waals surface area contributed by atoms with E-state index in [4.69, 9.17) is 9.47 Å². The Bertz CT molecular complexity index is 547. The number of hydrogen-bond acceptors (Lipinski definition) is 6. The fraction of sp³-hybridized carbons (Fsp3) is 0.417. The third kappa shape index (κ3) is 3.60. The summed E-state index contributed by atoms with van der Waals surface area (Å²) in [5.41, 5.74) is 1.02. The van der Waals surface area contributed by atoms with Crippen molar-refractivity contribution in [2.24, 2.45) is 0 Å². The number of nitrogens with one attached hydrogen (secondary N) is 2. The third-order valence-electron chi connectivity index (χ3n) is 2.54. The molecule has 0 aliphatic rings. The molecule has 7 nitrogen and oxygen atoms in total. The van der Waals surface area contributed by atoms with E-state index in [-0.39, 0.29) is 0 Å². The molecule has 1 aromatic carbocycles. The van der Waals surface area contributed by atoms with Crippen LogP contribution >= 0.6 is 15.9 Å². The second-order valence-corrected chi connectivity index (χ2v) is 4.90. The third-order valence-corrected chi connectivity index (χ3v) is 3.12. The zero-order valence-corrected chi connectivity index (χ0v) is 12.9. The maximum atomic E-state index is 5.68. The quantitative estimate of drug-likeness (QED) is 0.804. The van der Waals surface area contributed by atoms with Crippen molar-refractivity contribution < 1.29 is 9.47 Å². The second kappa shape index (κ2) is 7.09. The summed E-state index contributed by atoms with van der Waals surface area (Å²) in [6.45, 7) is 3.27. The molecule has 0 saturated carbocycles. The van der Waals surface area contributed by atoms with Crippen molar-refractivity contribution in [3.05, 3.63) is 22.2 Å². The molecule has 8 heteroatoms. The number of aromatic nitrogens is 4. The van der Waals surface area contributed by atoms with Crippen LogP contribution in [0.1, 0.15) is 18.9 Å². The maximum Gasteiger partial charge on any atom is 0.263 e. The summed E-state index contributed by atoms with van der Waals surface area (Å²) in [5.74, 6) is 1.86. The number of nitrogens with zero attached hydrogens (tertiary/aromatic N) is 3. The second-order valence-electron chi connectivity index (χ2n) is 4.05. The highest BCUT2D eigenvalue weighted by atomic mass is 79.9. The average molecular weight is 342 g/mol. The van der Waals surface area contributed by atoms with Crippen LogP contribution in [0.25, 0.3) is 0 Å². The van der Waals surface area contributed by atoms with Gasteiger partial charge in [0, 0.05) is 6.54 Å². The average Bonchev–Trinajstić information content (AvgIpc) is 2.96. The summed E-state index contributed by atoms with van der Waals surface area (Å²) in [4.78, 5) is 0. The molecular weight excluding hydrogens is 326 g/mol. The zero-order chi connectivity index (χ0) is 14.4. The molecule has 2 N–H and O–H groups in total. The van der Waals surface area contributed by atoms with Crippen LogP contribution < -0.4 is 14.8 Å². The molecular formula is C12H16BrN5O2. The van der Waals surface area contributed by atoms with Gasteiger partial charge in [-0.2, -0.15) is 5.21 Å². The van der Waals surface area contributed by atoms with Crippen molar-refractivity contribution in [2.45, 2.75) is 19.9 Å². The van der Waals surface area contributed by atoms with Crippen LogP contribution in [-0.4, -0.2) is 34.3 Å². The van der Waals surface area contributed by atoms with Gasteiger partial charge in [-0.15, -0.1) is 5.10 Å². The van der Waals surface area contributed by atoms with Crippen LogP contribution in [0.2, 0.25) is 0 Å². The number of hydrogen-bond donors (Lipinski definition) is 2. The Kier molecular flexibility index (Phi) is 5.16. The van der Waals surface area contributed by atoms with Gasteiger partial charge in [0.25, 0.3) is 5.95 Å². The van der Waals surface area contributed by atoms with Gasteiger partial charge < -0.3 is 14.8 Å². The first-order valence-corrected chi connectivity index (χ1v) is 7.00. The molecule has 0 spiro atoms. The van der Waals surface area contributed by atoms with E-state index in [1.165, 1.54) is 0 Å². The minimum atomic E-state index is 0.450. The van der Waals surface area contributed by atoms with Crippen LogP contribution in [0.5, 0.6) is 11.5 Å². The van der Waals surface area contributed by atoms with Crippen molar-refractivity contribution in [2.75, 3.05) is 19.0 Å². The smallest absolute Gasteiger partial charge is 0.263 e. The number of aromatic amines is 1. The Balaban J connectivity index is 2.12. The van der Waals surface area contributed by atoms with E-state index in [2.05, 4.69) is 48.8 Å². The van der Waals surface area contributed by atoms with Crippen molar-refractivity contribution in [1.29, 1.82) is 0 Å². The molecule has 1 heterocycles. The van der Waals surface area contributed by atoms with Gasteiger partial charge in [-0.25, -0.2) is 0 Å². The molecule has 0 saturated heterocycles. The Morgan fingerprint density at radius 3 is 2.90 bits per heavy atom. The van der Waals surface area contributed by atoms with Crippen molar-refractivity contribution in [3.63, 3.8) is 0 Å². The van der Waals surface area contributed by atoms with E-state index in [1.54, 1.807) is 7.11 Å². The van der Waals surface area contributed by atoms with Crippen molar-refractivity contribution in [1.82, 2.24) is 20.6 Å². The molecule has 1 aromatic heterocycles. The number of ether oxygens (including phenoxy) is 2. The number of benzene rings is 1. The van der Waals surface area contributed by atoms with E-state index >= 15 is 0 Å². The highest BCUT2D eigenvalue weighted by molar-refractivity contribution is 9.10. The molecule has 0 atom stereocenters. The zero-order valence-electron chi connectivity index (χ0n) is 11.3. The van der Waals surface area contributed by atoms with E-state index in [0.29, 0.717) is 24.8 Å². The minimum Gasteiger partial charge on any atom is -0.493 e. The van der Waals surface area contributed by atoms with Crippen LogP contribution in [-0.2, 0) is 6.54 Å². The maximum absolute atomic E-state index is 5.68. The number of rotatable bonds is 7. The van der Waals surface area contributed by atoms with Crippen LogP contribution in [0.15, 0.2) is 16.6 Å². The van der Waals surface area contributed by atoms with Gasteiger partial charge in [0.2, 0.25) is 0 Å². The normalized spacial score (nSPS) is 10.3. The Morgan fingerprint density at radius 2 is 2.25 bits per heavy atom. The van der Waals surface area contributed by atoms with Crippen LogP contribution in [0.4, 0.5) is 5.95 Å². The lowest BCUT2D eigenvalue weighted by Gasteiger charge is -2.14. The highest BCUT2D eigenvalue weighted by Crippen LogP contribution is 2.36. The largest absolute Gasteiger partial charge is 0.493 e. The van der Waals surface area contributed by atoms with Gasteiger partial charge in [-0.05, 0) is 45.3 Å². The van der Waals surface area contributed by atoms with Gasteiger partial charge in [-0.1, -0.05) is 12.0 Å². The van der Waals surface area contributed by atoms with E-state index in [1.807, 2.05) is 12.1 Å². The molecule has 0 unspecified atom stereocenters. The standard InChI is InChI=1S/C12H16BrN5O2/c1-3-4-20-11-9(13)5-8(6-10(11)19-2)7-14-12-15-17-18-16-12/h5-6H,3-4,7H2,1-2H3,(H2,14,15,16,17,18). The SMILES string of the molecule is CCCOc1c(Br)cc(CNc2nn[nH]n2)cc1OC. The molecule has 0 amide bonds. The lowest BCUT2D eigenvalue weighted by Crippen LogP contribution is -2.04. The summed E-state index contributed by atoms with van der Waals surface area (Å²) in [5, 5.41) is 16.6. The summed E-state index contributed by atoms with van der Waals surface area (Å²) in [6.07, 6.45) is 0.941. The molecule has 0 fully saturated rings. The molecule has 2 rings (SSSR count). The fourth-order valence-electron chi connectivity index (χ4n) is 1.64. The first-order chi connectivity index (χ1) is 9.74. The Labute approximate surface area is 125 Å². The van der Waals surface area contributed by atoms with Crippen LogP contribution in [0, 0.1) is 0 Å². The van der Waals surface area contributed by atoms with Gasteiger partial charge in [0.05, 0.1) is 18.2 Å². The van der Waals surface area contributed by atoms with E-state index in [0.717, 1.165) is 22.2 Å². The molecule has 0 aliphatic carbocycles.